The Kier molecular flexibility index (Phi) is 5.02. The number of nitrogens with one attached hydrogen (secondary N) is 2. The summed E-state index contributed by atoms with van der Waals surface area (Å²) in [5.74, 6) is 1.29. The average Bonchev–Trinajstić information content (AvgIpc) is 3.34. The third kappa shape index (κ3) is 3.37. The Bertz CT molecular complexity index is 1100. The van der Waals surface area contributed by atoms with Gasteiger partial charge in [0, 0.05) is 18.2 Å². The second kappa shape index (κ2) is 8.06. The number of hydrogen-bond acceptors (Lipinski definition) is 5. The van der Waals surface area contributed by atoms with Crippen LogP contribution in [0.2, 0.25) is 0 Å². The summed E-state index contributed by atoms with van der Waals surface area (Å²) >= 11 is 0. The van der Waals surface area contributed by atoms with Crippen LogP contribution in [0.1, 0.15) is 65.3 Å². The van der Waals surface area contributed by atoms with Gasteiger partial charge in [0.1, 0.15) is 0 Å². The number of rotatable bonds is 3. The molecular weight excluding hydrogens is 418 g/mol. The van der Waals surface area contributed by atoms with E-state index in [-0.39, 0.29) is 42.7 Å². The molecule has 4 atom stereocenters. The summed E-state index contributed by atoms with van der Waals surface area (Å²) < 4.78 is 11.8. The molecule has 0 unspecified atom stereocenters. The lowest BCUT2D eigenvalue weighted by Crippen LogP contribution is -2.57. The van der Waals surface area contributed by atoms with Gasteiger partial charge in [-0.2, -0.15) is 0 Å². The fourth-order valence-electron chi connectivity index (χ4n) is 5.99. The molecule has 0 aliphatic carbocycles. The minimum atomic E-state index is -0.174. The molecule has 6 rings (SSSR count). The maximum atomic E-state index is 13.3. The number of nitrogens with zero attached hydrogens (tertiary/aromatic N) is 1. The zero-order valence-corrected chi connectivity index (χ0v) is 18.8. The van der Waals surface area contributed by atoms with Crippen molar-refractivity contribution in [2.45, 2.75) is 50.7 Å². The van der Waals surface area contributed by atoms with E-state index in [1.54, 1.807) is 0 Å². The first kappa shape index (κ1) is 20.5. The van der Waals surface area contributed by atoms with Gasteiger partial charge in [-0.05, 0) is 56.3 Å². The molecule has 0 aromatic heterocycles. The first-order valence-corrected chi connectivity index (χ1v) is 12.0. The van der Waals surface area contributed by atoms with Crippen LogP contribution in [0.4, 0.5) is 0 Å². The molecule has 2 saturated heterocycles. The van der Waals surface area contributed by atoms with Crippen LogP contribution in [0.5, 0.6) is 11.5 Å². The van der Waals surface area contributed by atoms with Gasteiger partial charge in [0.25, 0.3) is 5.91 Å². The SMILES string of the molecule is C[C@@H](NC(=O)c1cc2c(c3c1OCO3)[C@@H]1C[C@@H]3NCCC[C@@H]3C(=O)N1CC2)c1ccccc1. The summed E-state index contributed by atoms with van der Waals surface area (Å²) in [6, 6.07) is 11.9. The van der Waals surface area contributed by atoms with Crippen molar-refractivity contribution in [3.05, 3.63) is 58.7 Å². The number of carbonyl (C=O) groups is 2. The van der Waals surface area contributed by atoms with E-state index in [1.165, 1.54) is 0 Å². The van der Waals surface area contributed by atoms with E-state index in [2.05, 4.69) is 10.6 Å². The highest BCUT2D eigenvalue weighted by molar-refractivity contribution is 5.99. The fourth-order valence-corrected chi connectivity index (χ4v) is 5.99. The first-order valence-electron chi connectivity index (χ1n) is 12.0. The molecule has 2 aromatic rings. The Hall–Kier alpha value is -3.06. The van der Waals surface area contributed by atoms with Gasteiger partial charge < -0.3 is 25.0 Å². The number of hydrogen-bond donors (Lipinski definition) is 2. The van der Waals surface area contributed by atoms with Gasteiger partial charge >= 0.3 is 0 Å². The predicted molar refractivity (Wildman–Crippen MR) is 122 cm³/mol. The number of amides is 2. The molecule has 33 heavy (non-hydrogen) atoms. The van der Waals surface area contributed by atoms with E-state index in [4.69, 9.17) is 9.47 Å². The summed E-state index contributed by atoms with van der Waals surface area (Å²) in [7, 11) is 0. The van der Waals surface area contributed by atoms with Crippen molar-refractivity contribution in [3.63, 3.8) is 0 Å². The normalized spacial score (nSPS) is 26.2. The quantitative estimate of drug-likeness (QED) is 0.756. The van der Waals surface area contributed by atoms with Crippen LogP contribution < -0.4 is 20.1 Å². The summed E-state index contributed by atoms with van der Waals surface area (Å²) in [5.41, 5.74) is 3.66. The number of carbonyl (C=O) groups excluding carboxylic acids is 2. The Morgan fingerprint density at radius 1 is 1.21 bits per heavy atom. The van der Waals surface area contributed by atoms with E-state index in [9.17, 15) is 9.59 Å². The smallest absolute Gasteiger partial charge is 0.255 e. The summed E-state index contributed by atoms with van der Waals surface area (Å²) in [6.07, 6.45) is 3.60. The second-order valence-corrected chi connectivity index (χ2v) is 9.51. The van der Waals surface area contributed by atoms with Gasteiger partial charge in [0.05, 0.1) is 23.6 Å². The molecule has 2 aromatic carbocycles. The molecule has 7 nitrogen and oxygen atoms in total. The number of piperidine rings is 2. The number of fused-ring (bicyclic) bond motifs is 6. The largest absolute Gasteiger partial charge is 0.453 e. The van der Waals surface area contributed by atoms with E-state index in [1.807, 2.05) is 48.2 Å². The van der Waals surface area contributed by atoms with E-state index in [0.29, 0.717) is 30.0 Å². The van der Waals surface area contributed by atoms with Crippen LogP contribution in [0.3, 0.4) is 0 Å². The van der Waals surface area contributed by atoms with E-state index < -0.39 is 0 Å². The van der Waals surface area contributed by atoms with Gasteiger partial charge in [-0.3, -0.25) is 9.59 Å². The highest BCUT2D eigenvalue weighted by Gasteiger charge is 2.47. The molecular formula is C26H29N3O4. The second-order valence-electron chi connectivity index (χ2n) is 9.51. The van der Waals surface area contributed by atoms with Crippen LogP contribution >= 0.6 is 0 Å². The molecule has 2 N–H and O–H groups in total. The molecule has 2 fully saturated rings. The van der Waals surface area contributed by atoms with Crippen LogP contribution in [-0.4, -0.2) is 42.6 Å². The zero-order valence-electron chi connectivity index (χ0n) is 18.8. The van der Waals surface area contributed by atoms with Crippen LogP contribution in [-0.2, 0) is 11.2 Å². The third-order valence-corrected chi connectivity index (χ3v) is 7.65. The fraction of sp³-hybridized carbons (Fsp3) is 0.462. The minimum absolute atomic E-state index is 0.0381. The number of benzene rings is 2. The maximum Gasteiger partial charge on any atom is 0.255 e. The highest BCUT2D eigenvalue weighted by Crippen LogP contribution is 2.50. The predicted octanol–water partition coefficient (Wildman–Crippen LogP) is 3.10. The monoisotopic (exact) mass is 447 g/mol. The van der Waals surface area contributed by atoms with Gasteiger partial charge in [-0.25, -0.2) is 0 Å². The van der Waals surface area contributed by atoms with Crippen molar-refractivity contribution < 1.29 is 19.1 Å². The lowest BCUT2D eigenvalue weighted by atomic mass is 9.76. The standard InChI is InChI=1S/C26H29N3O4/c1-15(16-6-3-2-4-7-16)28-25(30)19-12-17-9-11-29-21(22(17)24-23(19)32-14-33-24)13-20-18(26(29)31)8-5-10-27-20/h2-4,6-7,12,15,18,20-21,27H,5,8-11,13-14H2,1H3,(H,28,30)/t15-,18+,20+,21+/m1/s1. The van der Waals surface area contributed by atoms with E-state index >= 15 is 0 Å². The van der Waals surface area contributed by atoms with Gasteiger partial charge in [0.2, 0.25) is 12.7 Å². The van der Waals surface area contributed by atoms with Crippen molar-refractivity contribution in [2.75, 3.05) is 19.9 Å². The molecule has 7 heteroatoms. The average molecular weight is 448 g/mol. The van der Waals surface area contributed by atoms with Crippen molar-refractivity contribution >= 4 is 11.8 Å². The first-order chi connectivity index (χ1) is 16.1. The molecule has 0 spiro atoms. The van der Waals surface area contributed by atoms with Crippen LogP contribution in [0, 0.1) is 5.92 Å². The summed E-state index contributed by atoms with van der Waals surface area (Å²) in [5, 5.41) is 6.67. The molecule has 4 aliphatic rings. The Morgan fingerprint density at radius 2 is 2.03 bits per heavy atom. The molecule has 2 amide bonds. The van der Waals surface area contributed by atoms with Crippen molar-refractivity contribution in [2.24, 2.45) is 5.92 Å². The number of ether oxygens (including phenoxy) is 2. The van der Waals surface area contributed by atoms with Gasteiger partial charge in [0.15, 0.2) is 11.5 Å². The Labute approximate surface area is 193 Å². The molecule has 4 heterocycles. The summed E-state index contributed by atoms with van der Waals surface area (Å²) in [6.45, 7) is 3.71. The highest BCUT2D eigenvalue weighted by atomic mass is 16.7. The minimum Gasteiger partial charge on any atom is -0.453 e. The lowest BCUT2D eigenvalue weighted by Gasteiger charge is -2.48. The topological polar surface area (TPSA) is 79.9 Å². The third-order valence-electron chi connectivity index (χ3n) is 7.65. The molecule has 0 saturated carbocycles. The van der Waals surface area contributed by atoms with E-state index in [0.717, 1.165) is 42.5 Å². The Morgan fingerprint density at radius 3 is 2.88 bits per heavy atom. The molecule has 0 bridgehead atoms. The van der Waals surface area contributed by atoms with Crippen molar-refractivity contribution in [1.82, 2.24) is 15.5 Å². The van der Waals surface area contributed by atoms with Gasteiger partial charge in [-0.15, -0.1) is 0 Å². The maximum absolute atomic E-state index is 13.3. The van der Waals surface area contributed by atoms with Crippen LogP contribution in [0.25, 0.3) is 0 Å². The molecule has 4 aliphatic heterocycles. The summed E-state index contributed by atoms with van der Waals surface area (Å²) in [4.78, 5) is 28.6. The van der Waals surface area contributed by atoms with Crippen molar-refractivity contribution in [3.8, 4) is 11.5 Å². The molecule has 0 radical (unpaired) electrons. The molecule has 172 valence electrons. The Balaban J connectivity index is 1.34. The van der Waals surface area contributed by atoms with Crippen molar-refractivity contribution in [1.29, 1.82) is 0 Å². The lowest BCUT2D eigenvalue weighted by molar-refractivity contribution is -0.145. The van der Waals surface area contributed by atoms with Gasteiger partial charge in [-0.1, -0.05) is 30.3 Å². The zero-order chi connectivity index (χ0) is 22.5. The van der Waals surface area contributed by atoms with Crippen LogP contribution in [0.15, 0.2) is 36.4 Å².